The van der Waals surface area contributed by atoms with Gasteiger partial charge in [0.1, 0.15) is 0 Å². The molecule has 4 nitrogen and oxygen atoms in total. The van der Waals surface area contributed by atoms with Gasteiger partial charge < -0.3 is 9.88 Å². The summed E-state index contributed by atoms with van der Waals surface area (Å²) >= 11 is 3.15. The molecule has 88 valence electrons. The van der Waals surface area contributed by atoms with Crippen molar-refractivity contribution in [1.82, 2.24) is 4.57 Å². The predicted octanol–water partition coefficient (Wildman–Crippen LogP) is 2.13. The van der Waals surface area contributed by atoms with Crippen LogP contribution in [-0.4, -0.2) is 10.5 Å². The number of anilines is 1. The molecular weight excluding hydrogens is 272 g/mol. The van der Waals surface area contributed by atoms with Crippen molar-refractivity contribution in [2.24, 2.45) is 12.5 Å². The van der Waals surface area contributed by atoms with Crippen LogP contribution in [0.15, 0.2) is 21.5 Å². The van der Waals surface area contributed by atoms with Crippen LogP contribution in [-0.2, 0) is 11.8 Å². The van der Waals surface area contributed by atoms with Crippen LogP contribution in [0.2, 0.25) is 0 Å². The third kappa shape index (κ3) is 2.95. The van der Waals surface area contributed by atoms with E-state index in [9.17, 15) is 9.59 Å². The van der Waals surface area contributed by atoms with E-state index in [1.54, 1.807) is 19.3 Å². The van der Waals surface area contributed by atoms with Crippen LogP contribution in [0.25, 0.3) is 0 Å². The molecule has 0 aliphatic carbocycles. The van der Waals surface area contributed by atoms with E-state index < -0.39 is 5.41 Å². The van der Waals surface area contributed by atoms with Gasteiger partial charge in [0.2, 0.25) is 5.91 Å². The SMILES string of the molecule is Cn1cc(NC(=O)C(C)(C)C)cc(Br)c1=O. The monoisotopic (exact) mass is 286 g/mol. The Morgan fingerprint density at radius 2 is 2.00 bits per heavy atom. The summed E-state index contributed by atoms with van der Waals surface area (Å²) in [6.45, 7) is 5.50. The summed E-state index contributed by atoms with van der Waals surface area (Å²) in [7, 11) is 1.64. The van der Waals surface area contributed by atoms with Gasteiger partial charge in [0.25, 0.3) is 5.56 Å². The van der Waals surface area contributed by atoms with E-state index in [4.69, 9.17) is 0 Å². The first-order valence-corrected chi connectivity index (χ1v) is 5.69. The van der Waals surface area contributed by atoms with E-state index in [-0.39, 0.29) is 11.5 Å². The van der Waals surface area contributed by atoms with Crippen molar-refractivity contribution in [3.05, 3.63) is 27.1 Å². The molecule has 1 amide bonds. The molecule has 16 heavy (non-hydrogen) atoms. The maximum absolute atomic E-state index is 11.7. The Labute approximate surface area is 103 Å². The number of hydrogen-bond donors (Lipinski definition) is 1. The van der Waals surface area contributed by atoms with E-state index in [0.29, 0.717) is 10.2 Å². The Kier molecular flexibility index (Phi) is 3.57. The molecule has 0 bridgehead atoms. The Balaban J connectivity index is 3.00. The number of rotatable bonds is 1. The molecule has 1 N–H and O–H groups in total. The van der Waals surface area contributed by atoms with Crippen LogP contribution in [0.1, 0.15) is 20.8 Å². The van der Waals surface area contributed by atoms with Gasteiger partial charge in [-0.1, -0.05) is 20.8 Å². The first-order valence-electron chi connectivity index (χ1n) is 4.89. The molecule has 1 aromatic heterocycles. The summed E-state index contributed by atoms with van der Waals surface area (Å²) in [6, 6.07) is 1.60. The lowest BCUT2D eigenvalue weighted by Gasteiger charge is -2.18. The van der Waals surface area contributed by atoms with Crippen LogP contribution in [0, 0.1) is 5.41 Å². The molecule has 0 spiro atoms. The minimum Gasteiger partial charge on any atom is -0.324 e. The number of nitrogens with one attached hydrogen (secondary N) is 1. The number of hydrogen-bond acceptors (Lipinski definition) is 2. The maximum Gasteiger partial charge on any atom is 0.264 e. The highest BCUT2D eigenvalue weighted by Gasteiger charge is 2.21. The zero-order chi connectivity index (χ0) is 12.5. The first-order chi connectivity index (χ1) is 7.21. The van der Waals surface area contributed by atoms with Gasteiger partial charge >= 0.3 is 0 Å². The summed E-state index contributed by atoms with van der Waals surface area (Å²) in [5.74, 6) is -0.0851. The number of pyridine rings is 1. The van der Waals surface area contributed by atoms with E-state index in [0.717, 1.165) is 0 Å². The van der Waals surface area contributed by atoms with Gasteiger partial charge in [-0.3, -0.25) is 9.59 Å². The van der Waals surface area contributed by atoms with Gasteiger partial charge in [-0.25, -0.2) is 0 Å². The number of halogens is 1. The van der Waals surface area contributed by atoms with Crippen molar-refractivity contribution >= 4 is 27.5 Å². The summed E-state index contributed by atoms with van der Waals surface area (Å²) < 4.78 is 1.85. The second-order valence-electron chi connectivity index (χ2n) is 4.70. The molecule has 0 saturated heterocycles. The van der Waals surface area contributed by atoms with E-state index in [1.165, 1.54) is 4.57 Å². The molecule has 5 heteroatoms. The molecular formula is C11H15BrN2O2. The van der Waals surface area contributed by atoms with Crippen LogP contribution in [0.4, 0.5) is 5.69 Å². The molecule has 0 radical (unpaired) electrons. The van der Waals surface area contributed by atoms with Gasteiger partial charge in [0.15, 0.2) is 0 Å². The molecule has 1 heterocycles. The minimum atomic E-state index is -0.457. The number of carbonyl (C=O) groups excluding carboxylic acids is 1. The van der Waals surface area contributed by atoms with Crippen LogP contribution < -0.4 is 10.9 Å². The smallest absolute Gasteiger partial charge is 0.264 e. The fourth-order valence-corrected chi connectivity index (χ4v) is 1.58. The molecule has 0 aliphatic heterocycles. The topological polar surface area (TPSA) is 51.1 Å². The first kappa shape index (κ1) is 13.0. The molecule has 1 rings (SSSR count). The van der Waals surface area contributed by atoms with Crippen LogP contribution >= 0.6 is 15.9 Å². The van der Waals surface area contributed by atoms with Crippen molar-refractivity contribution in [3.63, 3.8) is 0 Å². The zero-order valence-electron chi connectivity index (χ0n) is 9.80. The van der Waals surface area contributed by atoms with Gasteiger partial charge in [0.05, 0.1) is 10.2 Å². The number of carbonyl (C=O) groups is 1. The van der Waals surface area contributed by atoms with Crippen molar-refractivity contribution in [3.8, 4) is 0 Å². The average Bonchev–Trinajstić information content (AvgIpc) is 2.12. The number of aryl methyl sites for hydroxylation is 1. The Morgan fingerprint density at radius 1 is 1.44 bits per heavy atom. The van der Waals surface area contributed by atoms with E-state index in [2.05, 4.69) is 21.2 Å². The summed E-state index contributed by atoms with van der Waals surface area (Å²) in [5.41, 5.74) is 0.0175. The molecule has 1 aromatic rings. The quantitative estimate of drug-likeness (QED) is 0.860. The lowest BCUT2D eigenvalue weighted by atomic mass is 9.96. The summed E-state index contributed by atoms with van der Waals surface area (Å²) in [6.07, 6.45) is 1.59. The van der Waals surface area contributed by atoms with Crippen molar-refractivity contribution in [2.75, 3.05) is 5.32 Å². The molecule has 0 aromatic carbocycles. The number of nitrogens with zero attached hydrogens (tertiary/aromatic N) is 1. The number of aromatic nitrogens is 1. The van der Waals surface area contributed by atoms with E-state index >= 15 is 0 Å². The van der Waals surface area contributed by atoms with Gasteiger partial charge in [-0.05, 0) is 22.0 Å². The Morgan fingerprint density at radius 3 is 2.44 bits per heavy atom. The average molecular weight is 287 g/mol. The van der Waals surface area contributed by atoms with Gasteiger partial charge in [0, 0.05) is 18.7 Å². The fraction of sp³-hybridized carbons (Fsp3) is 0.455. The standard InChI is InChI=1S/C11H15BrN2O2/c1-11(2,3)10(16)13-7-5-8(12)9(15)14(4)6-7/h5-6H,1-4H3,(H,13,16). The molecule has 0 aliphatic rings. The fourth-order valence-electron chi connectivity index (χ4n) is 1.06. The van der Waals surface area contributed by atoms with Gasteiger partial charge in [-0.2, -0.15) is 0 Å². The highest BCUT2D eigenvalue weighted by Crippen LogP contribution is 2.18. The third-order valence-corrected chi connectivity index (χ3v) is 2.65. The molecule has 0 saturated carbocycles. The summed E-state index contributed by atoms with van der Waals surface area (Å²) in [5, 5.41) is 2.76. The van der Waals surface area contributed by atoms with Gasteiger partial charge in [-0.15, -0.1) is 0 Å². The lowest BCUT2D eigenvalue weighted by Crippen LogP contribution is -2.28. The van der Waals surface area contributed by atoms with Crippen molar-refractivity contribution in [2.45, 2.75) is 20.8 Å². The minimum absolute atomic E-state index is 0.0851. The largest absolute Gasteiger partial charge is 0.324 e. The second-order valence-corrected chi connectivity index (χ2v) is 5.55. The number of amides is 1. The van der Waals surface area contributed by atoms with Crippen LogP contribution in [0.3, 0.4) is 0 Å². The second kappa shape index (κ2) is 4.41. The highest BCUT2D eigenvalue weighted by atomic mass is 79.9. The lowest BCUT2D eigenvalue weighted by molar-refractivity contribution is -0.123. The third-order valence-electron chi connectivity index (χ3n) is 2.08. The molecule has 0 atom stereocenters. The maximum atomic E-state index is 11.7. The Hall–Kier alpha value is -1.10. The molecule has 0 fully saturated rings. The van der Waals surface area contributed by atoms with Crippen LogP contribution in [0.5, 0.6) is 0 Å². The summed E-state index contributed by atoms with van der Waals surface area (Å²) in [4.78, 5) is 23.1. The van der Waals surface area contributed by atoms with Crippen molar-refractivity contribution in [1.29, 1.82) is 0 Å². The van der Waals surface area contributed by atoms with Crippen molar-refractivity contribution < 1.29 is 4.79 Å². The zero-order valence-corrected chi connectivity index (χ0v) is 11.4. The Bertz CT molecular complexity index is 446. The van der Waals surface area contributed by atoms with E-state index in [1.807, 2.05) is 20.8 Å². The normalized spacial score (nSPS) is 11.3. The molecule has 0 unspecified atom stereocenters. The highest BCUT2D eigenvalue weighted by molar-refractivity contribution is 9.10. The predicted molar refractivity (Wildman–Crippen MR) is 67.5 cm³/mol.